The maximum Gasteiger partial charge on any atom is 0.244 e. The Morgan fingerprint density at radius 3 is 2.52 bits per heavy atom. The van der Waals surface area contributed by atoms with E-state index in [1.54, 1.807) is 12.1 Å². The fraction of sp³-hybridized carbons (Fsp3) is 0.438. The van der Waals surface area contributed by atoms with Crippen molar-refractivity contribution in [2.45, 2.75) is 31.7 Å². The maximum absolute atomic E-state index is 12.5. The molecular formula is C16H22BrN3O4S. The van der Waals surface area contributed by atoms with Gasteiger partial charge < -0.3 is 9.47 Å². The van der Waals surface area contributed by atoms with Crippen molar-refractivity contribution < 1.29 is 17.9 Å². The van der Waals surface area contributed by atoms with E-state index in [2.05, 4.69) is 25.8 Å². The zero-order valence-electron chi connectivity index (χ0n) is 14.7. The number of benzene rings is 1. The predicted molar refractivity (Wildman–Crippen MR) is 98.8 cm³/mol. The van der Waals surface area contributed by atoms with Gasteiger partial charge in [0.05, 0.1) is 24.4 Å². The summed E-state index contributed by atoms with van der Waals surface area (Å²) in [7, 11) is -0.727. The van der Waals surface area contributed by atoms with Gasteiger partial charge in [0.1, 0.15) is 16.4 Å². The molecule has 2 aromatic rings. The van der Waals surface area contributed by atoms with Gasteiger partial charge in [0.15, 0.2) is 0 Å². The van der Waals surface area contributed by atoms with Crippen molar-refractivity contribution in [3.05, 3.63) is 34.1 Å². The molecule has 138 valence electrons. The number of ether oxygens (including phenoxy) is 2. The molecular weight excluding hydrogens is 410 g/mol. The van der Waals surface area contributed by atoms with Crippen molar-refractivity contribution in [1.82, 2.24) is 14.5 Å². The third kappa shape index (κ3) is 4.53. The Balaban J connectivity index is 2.01. The van der Waals surface area contributed by atoms with Gasteiger partial charge in [-0.3, -0.25) is 4.68 Å². The molecule has 0 fully saturated rings. The average molecular weight is 432 g/mol. The van der Waals surface area contributed by atoms with Crippen molar-refractivity contribution in [2.24, 2.45) is 0 Å². The van der Waals surface area contributed by atoms with E-state index in [1.807, 2.05) is 18.5 Å². The largest absolute Gasteiger partial charge is 0.497 e. The second-order valence-corrected chi connectivity index (χ2v) is 8.00. The molecule has 7 nitrogen and oxygen atoms in total. The highest BCUT2D eigenvalue weighted by atomic mass is 79.9. The average Bonchev–Trinajstić information content (AvgIpc) is 2.85. The first-order valence-electron chi connectivity index (χ1n) is 7.71. The highest BCUT2D eigenvalue weighted by Crippen LogP contribution is 2.28. The van der Waals surface area contributed by atoms with Crippen LogP contribution in [0.5, 0.6) is 11.5 Å². The van der Waals surface area contributed by atoms with Gasteiger partial charge in [-0.25, -0.2) is 13.1 Å². The number of aryl methyl sites for hydroxylation is 2. The van der Waals surface area contributed by atoms with Crippen LogP contribution in [0.3, 0.4) is 0 Å². The zero-order chi connectivity index (χ0) is 18.6. The van der Waals surface area contributed by atoms with Gasteiger partial charge >= 0.3 is 0 Å². The molecule has 1 N–H and O–H groups in total. The fourth-order valence-corrected chi connectivity index (χ4v) is 3.91. The Morgan fingerprint density at radius 2 is 1.96 bits per heavy atom. The minimum absolute atomic E-state index is 0.0876. The third-order valence-electron chi connectivity index (χ3n) is 3.79. The van der Waals surface area contributed by atoms with Crippen LogP contribution in [0.4, 0.5) is 0 Å². The molecule has 0 radical (unpaired) electrons. The van der Waals surface area contributed by atoms with Gasteiger partial charge in [0.2, 0.25) is 10.0 Å². The number of hydrogen-bond acceptors (Lipinski definition) is 5. The van der Waals surface area contributed by atoms with Gasteiger partial charge in [0.25, 0.3) is 0 Å². The van der Waals surface area contributed by atoms with Crippen LogP contribution in [0.1, 0.15) is 17.8 Å². The molecule has 1 aromatic heterocycles. The van der Waals surface area contributed by atoms with E-state index in [0.717, 1.165) is 15.9 Å². The van der Waals surface area contributed by atoms with Gasteiger partial charge in [-0.05, 0) is 48.3 Å². The van der Waals surface area contributed by atoms with Gasteiger partial charge in [-0.1, -0.05) is 0 Å². The van der Waals surface area contributed by atoms with Crippen molar-refractivity contribution in [3.63, 3.8) is 0 Å². The van der Waals surface area contributed by atoms with Crippen molar-refractivity contribution in [3.8, 4) is 11.5 Å². The monoisotopic (exact) mass is 431 g/mol. The van der Waals surface area contributed by atoms with E-state index in [1.165, 1.54) is 20.3 Å². The molecule has 0 aliphatic rings. The van der Waals surface area contributed by atoms with Gasteiger partial charge in [-0.15, -0.1) is 0 Å². The number of halogens is 1. The molecule has 25 heavy (non-hydrogen) atoms. The Bertz CT molecular complexity index is 849. The van der Waals surface area contributed by atoms with Crippen LogP contribution in [0.15, 0.2) is 27.6 Å². The van der Waals surface area contributed by atoms with E-state index in [-0.39, 0.29) is 10.6 Å². The van der Waals surface area contributed by atoms with Crippen molar-refractivity contribution in [2.75, 3.05) is 20.8 Å². The molecule has 0 amide bonds. The molecule has 0 aliphatic carbocycles. The minimum Gasteiger partial charge on any atom is -0.497 e. The summed E-state index contributed by atoms with van der Waals surface area (Å²) in [5.41, 5.74) is 1.94. The lowest BCUT2D eigenvalue weighted by Gasteiger charge is -2.12. The third-order valence-corrected chi connectivity index (χ3v) is 6.44. The van der Waals surface area contributed by atoms with E-state index >= 15 is 0 Å². The summed E-state index contributed by atoms with van der Waals surface area (Å²) < 4.78 is 40.7. The highest BCUT2D eigenvalue weighted by molar-refractivity contribution is 9.10. The van der Waals surface area contributed by atoms with Crippen LogP contribution < -0.4 is 14.2 Å². The van der Waals surface area contributed by atoms with Crippen LogP contribution in [-0.4, -0.2) is 39.0 Å². The first kappa shape index (κ1) is 19.7. The summed E-state index contributed by atoms with van der Waals surface area (Å²) in [5.74, 6) is 0.778. The van der Waals surface area contributed by atoms with E-state index in [9.17, 15) is 8.42 Å². The van der Waals surface area contributed by atoms with Crippen molar-refractivity contribution in [1.29, 1.82) is 0 Å². The second kappa shape index (κ2) is 8.20. The molecule has 0 spiro atoms. The van der Waals surface area contributed by atoms with Crippen LogP contribution in [0.2, 0.25) is 0 Å². The Labute approximate surface area is 156 Å². The summed E-state index contributed by atoms with van der Waals surface area (Å²) in [6, 6.07) is 4.60. The molecule has 9 heteroatoms. The lowest BCUT2D eigenvalue weighted by molar-refractivity contribution is 0.386. The topological polar surface area (TPSA) is 82.5 Å². The van der Waals surface area contributed by atoms with Crippen LogP contribution in [0, 0.1) is 13.8 Å². The Kier molecular flexibility index (Phi) is 6.47. The number of aromatic nitrogens is 2. The molecule has 2 rings (SSSR count). The van der Waals surface area contributed by atoms with Gasteiger partial charge in [0, 0.05) is 24.8 Å². The summed E-state index contributed by atoms with van der Waals surface area (Å²) in [4.78, 5) is 0.0876. The normalized spacial score (nSPS) is 11.6. The first-order chi connectivity index (χ1) is 11.8. The lowest BCUT2D eigenvalue weighted by atomic mass is 10.3. The maximum atomic E-state index is 12.5. The van der Waals surface area contributed by atoms with Crippen LogP contribution >= 0.6 is 15.9 Å². The molecule has 0 saturated carbocycles. The predicted octanol–water partition coefficient (Wildman–Crippen LogP) is 2.65. The number of nitrogens with zero attached hydrogens (tertiary/aromatic N) is 2. The number of nitrogens with one attached hydrogen (secondary N) is 1. The first-order valence-corrected chi connectivity index (χ1v) is 9.99. The van der Waals surface area contributed by atoms with Crippen LogP contribution in [-0.2, 0) is 16.6 Å². The summed E-state index contributed by atoms with van der Waals surface area (Å²) in [6.45, 7) is 4.82. The quantitative estimate of drug-likeness (QED) is 0.649. The molecule has 1 aromatic carbocycles. The summed E-state index contributed by atoms with van der Waals surface area (Å²) in [5, 5.41) is 4.41. The summed E-state index contributed by atoms with van der Waals surface area (Å²) >= 11 is 3.48. The van der Waals surface area contributed by atoms with Crippen LogP contribution in [0.25, 0.3) is 0 Å². The molecule has 0 unspecified atom stereocenters. The molecule has 0 saturated heterocycles. The number of sulfonamides is 1. The zero-order valence-corrected chi connectivity index (χ0v) is 17.1. The minimum atomic E-state index is -3.67. The number of rotatable bonds is 8. The smallest absolute Gasteiger partial charge is 0.244 e. The fourth-order valence-electron chi connectivity index (χ4n) is 2.40. The van der Waals surface area contributed by atoms with Crippen molar-refractivity contribution >= 4 is 26.0 Å². The standard InChI is InChI=1S/C16H22BrN3O4S/c1-11-16(17)12(2)20(19-11)9-5-8-18-25(21,22)15-7-6-13(23-3)10-14(15)24-4/h6-7,10,18H,5,8-9H2,1-4H3. The summed E-state index contributed by atoms with van der Waals surface area (Å²) in [6.07, 6.45) is 0.617. The van der Waals surface area contributed by atoms with E-state index in [4.69, 9.17) is 9.47 Å². The molecule has 0 bridgehead atoms. The number of methoxy groups -OCH3 is 2. The Hall–Kier alpha value is -1.58. The van der Waals surface area contributed by atoms with E-state index in [0.29, 0.717) is 25.3 Å². The second-order valence-electron chi connectivity index (χ2n) is 5.48. The number of hydrogen-bond donors (Lipinski definition) is 1. The highest BCUT2D eigenvalue weighted by Gasteiger charge is 2.19. The van der Waals surface area contributed by atoms with E-state index < -0.39 is 10.0 Å². The van der Waals surface area contributed by atoms with Gasteiger partial charge in [-0.2, -0.15) is 5.10 Å². The lowest BCUT2D eigenvalue weighted by Crippen LogP contribution is -2.26. The SMILES string of the molecule is COc1ccc(S(=O)(=O)NCCCn2nc(C)c(Br)c2C)c(OC)c1. The Morgan fingerprint density at radius 1 is 1.24 bits per heavy atom. The molecule has 0 atom stereocenters. The molecule has 1 heterocycles. The molecule has 0 aliphatic heterocycles.